The van der Waals surface area contributed by atoms with Gasteiger partial charge >= 0.3 is 0 Å². The first kappa shape index (κ1) is 20.3. The van der Waals surface area contributed by atoms with E-state index < -0.39 is 0 Å². The van der Waals surface area contributed by atoms with Gasteiger partial charge in [-0.15, -0.1) is 0 Å². The first-order chi connectivity index (χ1) is 13.5. The van der Waals surface area contributed by atoms with Crippen molar-refractivity contribution in [2.75, 3.05) is 57.4 Å². The second-order valence-electron chi connectivity index (χ2n) is 6.98. The molecule has 1 aromatic rings. The Balaban J connectivity index is 1.47. The van der Waals surface area contributed by atoms with Gasteiger partial charge in [0, 0.05) is 38.2 Å². The van der Waals surface area contributed by atoms with Crippen molar-refractivity contribution in [1.82, 2.24) is 10.2 Å². The van der Waals surface area contributed by atoms with Gasteiger partial charge in [-0.2, -0.15) is 0 Å². The maximum Gasteiger partial charge on any atom is 0.265 e. The average Bonchev–Trinajstić information content (AvgIpc) is 2.70. The van der Waals surface area contributed by atoms with Gasteiger partial charge in [-0.1, -0.05) is 0 Å². The molecule has 0 bridgehead atoms. The minimum Gasteiger partial charge on any atom is -0.482 e. The van der Waals surface area contributed by atoms with Crippen LogP contribution in [-0.2, 0) is 14.3 Å². The lowest BCUT2D eigenvalue weighted by Gasteiger charge is -2.29. The van der Waals surface area contributed by atoms with Gasteiger partial charge in [-0.3, -0.25) is 19.3 Å². The van der Waals surface area contributed by atoms with Crippen LogP contribution in [-0.4, -0.2) is 75.0 Å². The van der Waals surface area contributed by atoms with E-state index >= 15 is 0 Å². The number of amides is 2. The predicted molar refractivity (Wildman–Crippen MR) is 104 cm³/mol. The lowest BCUT2D eigenvalue weighted by atomic mass is 10.1. The number of fused-ring (bicyclic) bond motifs is 1. The van der Waals surface area contributed by atoms with Crippen molar-refractivity contribution >= 4 is 23.3 Å². The van der Waals surface area contributed by atoms with E-state index in [0.29, 0.717) is 23.5 Å². The molecule has 28 heavy (non-hydrogen) atoms. The van der Waals surface area contributed by atoms with Crippen LogP contribution in [0, 0.1) is 0 Å². The quantitative estimate of drug-likeness (QED) is 0.524. The largest absolute Gasteiger partial charge is 0.482 e. The number of Topliss-reactive ketones (excluding diaryl/α,β-unsaturated/α-hetero) is 1. The first-order valence-electron chi connectivity index (χ1n) is 9.69. The number of benzene rings is 1. The number of ether oxygens (including phenoxy) is 2. The van der Waals surface area contributed by atoms with Crippen molar-refractivity contribution < 1.29 is 23.9 Å². The summed E-state index contributed by atoms with van der Waals surface area (Å²) in [6.07, 6.45) is 1.08. The van der Waals surface area contributed by atoms with Gasteiger partial charge in [-0.05, 0) is 38.1 Å². The van der Waals surface area contributed by atoms with Gasteiger partial charge in [-0.25, -0.2) is 0 Å². The zero-order chi connectivity index (χ0) is 19.9. The molecule has 2 aliphatic rings. The van der Waals surface area contributed by atoms with E-state index in [1.54, 1.807) is 18.2 Å². The van der Waals surface area contributed by atoms with Crippen LogP contribution in [0.25, 0.3) is 0 Å². The van der Waals surface area contributed by atoms with Crippen LogP contribution in [0.5, 0.6) is 5.75 Å². The number of morpholine rings is 1. The molecule has 0 aliphatic carbocycles. The standard InChI is InChI=1S/C20H27N3O5/c1-15(24)16-3-4-18-17(13-16)23(20(26)14-28-18)8-5-19(25)21-6-2-7-22-9-11-27-12-10-22/h3-4,13H,2,5-12,14H2,1H3,(H,21,25). The summed E-state index contributed by atoms with van der Waals surface area (Å²) in [4.78, 5) is 39.9. The van der Waals surface area contributed by atoms with Gasteiger partial charge in [0.25, 0.3) is 5.91 Å². The number of nitrogens with zero attached hydrogens (tertiary/aromatic N) is 2. The second-order valence-corrected chi connectivity index (χ2v) is 6.98. The summed E-state index contributed by atoms with van der Waals surface area (Å²) in [6, 6.07) is 5.02. The Kier molecular flexibility index (Phi) is 7.00. The Labute approximate surface area is 164 Å². The Hall–Kier alpha value is -2.45. The lowest BCUT2D eigenvalue weighted by Crippen LogP contribution is -2.41. The first-order valence-corrected chi connectivity index (χ1v) is 9.69. The van der Waals surface area contributed by atoms with E-state index in [-0.39, 0.29) is 37.2 Å². The number of carbonyl (C=O) groups excluding carboxylic acids is 3. The molecule has 1 aromatic carbocycles. The summed E-state index contributed by atoms with van der Waals surface area (Å²) in [5.74, 6) is 0.160. The molecule has 1 saturated heterocycles. The molecule has 0 spiro atoms. The Morgan fingerprint density at radius 3 is 2.71 bits per heavy atom. The highest BCUT2D eigenvalue weighted by molar-refractivity contribution is 6.01. The topological polar surface area (TPSA) is 88.2 Å². The summed E-state index contributed by atoms with van der Waals surface area (Å²) >= 11 is 0. The molecule has 0 atom stereocenters. The van der Waals surface area contributed by atoms with Crippen molar-refractivity contribution in [2.24, 2.45) is 0 Å². The van der Waals surface area contributed by atoms with Crippen molar-refractivity contribution in [1.29, 1.82) is 0 Å². The Morgan fingerprint density at radius 1 is 1.18 bits per heavy atom. The maximum atomic E-state index is 12.3. The fraction of sp³-hybridized carbons (Fsp3) is 0.550. The molecule has 8 nitrogen and oxygen atoms in total. The van der Waals surface area contributed by atoms with Crippen molar-refractivity contribution in [3.05, 3.63) is 23.8 Å². The van der Waals surface area contributed by atoms with Gasteiger partial charge in [0.05, 0.1) is 18.9 Å². The molecular formula is C20H27N3O5. The van der Waals surface area contributed by atoms with Crippen molar-refractivity contribution in [3.63, 3.8) is 0 Å². The SMILES string of the molecule is CC(=O)c1ccc2c(c1)N(CCC(=O)NCCCN1CCOCC1)C(=O)CO2. The fourth-order valence-corrected chi connectivity index (χ4v) is 3.32. The minimum absolute atomic E-state index is 0.0619. The lowest BCUT2D eigenvalue weighted by molar-refractivity contribution is -0.122. The molecule has 1 N–H and O–H groups in total. The fourth-order valence-electron chi connectivity index (χ4n) is 3.32. The smallest absolute Gasteiger partial charge is 0.265 e. The highest BCUT2D eigenvalue weighted by Gasteiger charge is 2.26. The number of hydrogen-bond acceptors (Lipinski definition) is 6. The van der Waals surface area contributed by atoms with E-state index in [9.17, 15) is 14.4 Å². The molecule has 152 valence electrons. The number of ketones is 1. The molecular weight excluding hydrogens is 362 g/mol. The van der Waals surface area contributed by atoms with Gasteiger partial charge in [0.15, 0.2) is 12.4 Å². The number of nitrogens with one attached hydrogen (secondary N) is 1. The van der Waals surface area contributed by atoms with Crippen molar-refractivity contribution in [3.8, 4) is 5.75 Å². The number of anilines is 1. The monoisotopic (exact) mass is 389 g/mol. The van der Waals surface area contributed by atoms with Crippen LogP contribution in [0.15, 0.2) is 18.2 Å². The molecule has 1 fully saturated rings. The third-order valence-corrected chi connectivity index (χ3v) is 4.95. The van der Waals surface area contributed by atoms with Crippen LogP contribution in [0.1, 0.15) is 30.1 Å². The summed E-state index contributed by atoms with van der Waals surface area (Å²) in [7, 11) is 0. The molecule has 0 aromatic heterocycles. The molecule has 3 rings (SSSR count). The average molecular weight is 389 g/mol. The highest BCUT2D eigenvalue weighted by atomic mass is 16.5. The van der Waals surface area contributed by atoms with E-state index in [2.05, 4.69) is 10.2 Å². The van der Waals surface area contributed by atoms with Crippen LogP contribution in [0.3, 0.4) is 0 Å². The third-order valence-electron chi connectivity index (χ3n) is 4.95. The van der Waals surface area contributed by atoms with Crippen LogP contribution in [0.2, 0.25) is 0 Å². The summed E-state index contributed by atoms with van der Waals surface area (Å²) in [5.41, 5.74) is 1.05. The molecule has 8 heteroatoms. The highest BCUT2D eigenvalue weighted by Crippen LogP contribution is 2.33. The molecule has 0 unspecified atom stereocenters. The zero-order valence-corrected chi connectivity index (χ0v) is 16.2. The van der Waals surface area contributed by atoms with Crippen LogP contribution < -0.4 is 15.0 Å². The Bertz CT molecular complexity index is 731. The number of hydrogen-bond donors (Lipinski definition) is 1. The predicted octanol–water partition coefficient (Wildman–Crippen LogP) is 0.843. The normalized spacial score (nSPS) is 17.0. The van der Waals surface area contributed by atoms with Gasteiger partial charge in [0.1, 0.15) is 5.75 Å². The third kappa shape index (κ3) is 5.30. The minimum atomic E-state index is -0.215. The van der Waals surface area contributed by atoms with E-state index in [0.717, 1.165) is 39.3 Å². The number of rotatable bonds is 8. The summed E-state index contributed by atoms with van der Waals surface area (Å²) in [6.45, 7) is 6.63. The Morgan fingerprint density at radius 2 is 1.96 bits per heavy atom. The molecule has 2 amide bonds. The second kappa shape index (κ2) is 9.66. The summed E-state index contributed by atoms with van der Waals surface area (Å²) in [5, 5.41) is 2.91. The van der Waals surface area contributed by atoms with Crippen LogP contribution >= 0.6 is 0 Å². The van der Waals surface area contributed by atoms with Gasteiger partial charge < -0.3 is 19.7 Å². The van der Waals surface area contributed by atoms with Crippen molar-refractivity contribution in [2.45, 2.75) is 19.8 Å². The molecule has 2 aliphatic heterocycles. The summed E-state index contributed by atoms with van der Waals surface area (Å²) < 4.78 is 10.7. The molecule has 0 saturated carbocycles. The molecule has 0 radical (unpaired) electrons. The zero-order valence-electron chi connectivity index (χ0n) is 16.2. The van der Waals surface area contributed by atoms with E-state index in [4.69, 9.17) is 9.47 Å². The molecule has 2 heterocycles. The van der Waals surface area contributed by atoms with E-state index in [1.165, 1.54) is 11.8 Å². The van der Waals surface area contributed by atoms with E-state index in [1.807, 2.05) is 0 Å². The maximum absolute atomic E-state index is 12.3. The number of carbonyl (C=O) groups is 3. The van der Waals surface area contributed by atoms with Crippen LogP contribution in [0.4, 0.5) is 5.69 Å². The van der Waals surface area contributed by atoms with Gasteiger partial charge in [0.2, 0.25) is 5.91 Å².